The molecule has 0 fully saturated rings. The molecule has 94 valence electrons. The Morgan fingerprint density at radius 3 is 2.47 bits per heavy atom. The van der Waals surface area contributed by atoms with Crippen LogP contribution in [0.3, 0.4) is 0 Å². The summed E-state index contributed by atoms with van der Waals surface area (Å²) in [7, 11) is 0. The molecule has 1 aromatic carbocycles. The van der Waals surface area contributed by atoms with Gasteiger partial charge >= 0.3 is 0 Å². The Balaban J connectivity index is 2.44. The number of benzene rings is 1. The third-order valence-electron chi connectivity index (χ3n) is 2.51. The third-order valence-corrected chi connectivity index (χ3v) is 2.51. The van der Waals surface area contributed by atoms with Crippen molar-refractivity contribution in [3.05, 3.63) is 35.9 Å². The molecule has 0 bridgehead atoms. The molecule has 3 heteroatoms. The lowest BCUT2D eigenvalue weighted by molar-refractivity contribution is -0.127. The molecule has 3 nitrogen and oxygen atoms in total. The molecule has 0 aliphatic rings. The van der Waals surface area contributed by atoms with Gasteiger partial charge in [0.1, 0.15) is 6.10 Å². The molecule has 1 N–H and O–H groups in total. The van der Waals surface area contributed by atoms with E-state index in [1.54, 1.807) is 0 Å². The number of carbonyl (C=O) groups is 1. The number of rotatable bonds is 7. The molecule has 0 saturated heterocycles. The summed E-state index contributed by atoms with van der Waals surface area (Å²) < 4.78 is 5.42. The van der Waals surface area contributed by atoms with E-state index in [0.717, 1.165) is 5.56 Å². The number of hydrogen-bond acceptors (Lipinski definition) is 3. The highest BCUT2D eigenvalue weighted by Crippen LogP contribution is 2.11. The second-order valence-corrected chi connectivity index (χ2v) is 4.59. The SMILES string of the molecule is CC(C)C[C@H](O)[C@@H](C=O)OCc1ccccc1. The molecule has 0 heterocycles. The maximum absolute atomic E-state index is 10.9. The predicted octanol–water partition coefficient (Wildman–Crippen LogP) is 2.18. The number of aldehydes is 1. The number of hydrogen-bond donors (Lipinski definition) is 1. The van der Waals surface area contributed by atoms with Crippen LogP contribution in [0, 0.1) is 5.92 Å². The lowest BCUT2D eigenvalue weighted by atomic mass is 10.0. The van der Waals surface area contributed by atoms with E-state index in [4.69, 9.17) is 4.74 Å². The van der Waals surface area contributed by atoms with E-state index >= 15 is 0 Å². The highest BCUT2D eigenvalue weighted by atomic mass is 16.5. The predicted molar refractivity (Wildman–Crippen MR) is 66.5 cm³/mol. The van der Waals surface area contributed by atoms with Crippen molar-refractivity contribution < 1.29 is 14.6 Å². The third kappa shape index (κ3) is 5.11. The van der Waals surface area contributed by atoms with Crippen molar-refractivity contribution in [1.29, 1.82) is 0 Å². The Kier molecular flexibility index (Phi) is 5.87. The van der Waals surface area contributed by atoms with Gasteiger partial charge in [0.05, 0.1) is 12.7 Å². The summed E-state index contributed by atoms with van der Waals surface area (Å²) in [6, 6.07) is 9.61. The van der Waals surface area contributed by atoms with E-state index in [0.29, 0.717) is 25.2 Å². The van der Waals surface area contributed by atoms with E-state index in [9.17, 15) is 9.90 Å². The molecular formula is C14H20O3. The van der Waals surface area contributed by atoms with Gasteiger partial charge in [0.15, 0.2) is 6.29 Å². The zero-order chi connectivity index (χ0) is 12.7. The van der Waals surface area contributed by atoms with Gasteiger partial charge in [-0.05, 0) is 17.9 Å². The van der Waals surface area contributed by atoms with Gasteiger partial charge in [-0.15, -0.1) is 0 Å². The molecule has 0 saturated carbocycles. The zero-order valence-electron chi connectivity index (χ0n) is 10.4. The van der Waals surface area contributed by atoms with Crippen molar-refractivity contribution in [2.45, 2.75) is 39.1 Å². The fourth-order valence-electron chi connectivity index (χ4n) is 1.62. The van der Waals surface area contributed by atoms with Crippen molar-refractivity contribution in [3.63, 3.8) is 0 Å². The maximum Gasteiger partial charge on any atom is 0.151 e. The molecule has 1 rings (SSSR count). The van der Waals surface area contributed by atoms with Crippen LogP contribution in [0.5, 0.6) is 0 Å². The molecule has 2 atom stereocenters. The van der Waals surface area contributed by atoms with Gasteiger partial charge in [0, 0.05) is 0 Å². The van der Waals surface area contributed by atoms with E-state index < -0.39 is 12.2 Å². The molecule has 0 radical (unpaired) electrons. The normalized spacial score (nSPS) is 14.6. The summed E-state index contributed by atoms with van der Waals surface area (Å²) in [5.74, 6) is 0.341. The summed E-state index contributed by atoms with van der Waals surface area (Å²) in [6.45, 7) is 4.35. The summed E-state index contributed by atoms with van der Waals surface area (Å²) >= 11 is 0. The van der Waals surface area contributed by atoms with E-state index in [1.807, 2.05) is 44.2 Å². The van der Waals surface area contributed by atoms with Crippen molar-refractivity contribution in [2.24, 2.45) is 5.92 Å². The lowest BCUT2D eigenvalue weighted by Gasteiger charge is -2.19. The van der Waals surface area contributed by atoms with E-state index in [2.05, 4.69) is 0 Å². The van der Waals surface area contributed by atoms with Gasteiger partial charge in [-0.3, -0.25) is 0 Å². The minimum Gasteiger partial charge on any atom is -0.390 e. The number of ether oxygens (including phenoxy) is 1. The van der Waals surface area contributed by atoms with Crippen molar-refractivity contribution in [2.75, 3.05) is 0 Å². The first-order chi connectivity index (χ1) is 8.13. The largest absolute Gasteiger partial charge is 0.390 e. The molecule has 0 aliphatic carbocycles. The summed E-state index contributed by atoms with van der Waals surface area (Å²) in [4.78, 5) is 10.9. The molecule has 0 aliphatic heterocycles. The van der Waals surface area contributed by atoms with Crippen LogP contribution < -0.4 is 0 Å². The fraction of sp³-hybridized carbons (Fsp3) is 0.500. The van der Waals surface area contributed by atoms with Crippen molar-refractivity contribution in [1.82, 2.24) is 0 Å². The summed E-state index contributed by atoms with van der Waals surface area (Å²) in [5.41, 5.74) is 0.996. The fourth-order valence-corrected chi connectivity index (χ4v) is 1.62. The van der Waals surface area contributed by atoms with E-state index in [-0.39, 0.29) is 0 Å². The number of aliphatic hydroxyl groups excluding tert-OH is 1. The Bertz CT molecular complexity index is 321. The Morgan fingerprint density at radius 1 is 1.29 bits per heavy atom. The number of carbonyl (C=O) groups excluding carboxylic acids is 1. The highest BCUT2D eigenvalue weighted by Gasteiger charge is 2.20. The molecule has 17 heavy (non-hydrogen) atoms. The van der Waals surface area contributed by atoms with Crippen LogP contribution in [0.25, 0.3) is 0 Å². The van der Waals surface area contributed by atoms with Gasteiger partial charge in [0.25, 0.3) is 0 Å². The first kappa shape index (κ1) is 13.9. The molecular weight excluding hydrogens is 216 g/mol. The highest BCUT2D eigenvalue weighted by molar-refractivity contribution is 5.57. The topological polar surface area (TPSA) is 46.5 Å². The van der Waals surface area contributed by atoms with Gasteiger partial charge in [-0.1, -0.05) is 44.2 Å². The Hall–Kier alpha value is -1.19. The average Bonchev–Trinajstić information content (AvgIpc) is 2.30. The molecule has 0 spiro atoms. The second kappa shape index (κ2) is 7.20. The van der Waals surface area contributed by atoms with Crippen LogP contribution in [-0.4, -0.2) is 23.6 Å². The number of aliphatic hydroxyl groups is 1. The zero-order valence-corrected chi connectivity index (χ0v) is 10.4. The van der Waals surface area contributed by atoms with Gasteiger partial charge < -0.3 is 14.6 Å². The first-order valence-corrected chi connectivity index (χ1v) is 5.92. The monoisotopic (exact) mass is 236 g/mol. The van der Waals surface area contributed by atoms with Crippen molar-refractivity contribution >= 4 is 6.29 Å². The van der Waals surface area contributed by atoms with Gasteiger partial charge in [-0.25, -0.2) is 0 Å². The maximum atomic E-state index is 10.9. The average molecular weight is 236 g/mol. The summed E-state index contributed by atoms with van der Waals surface area (Å²) in [5, 5.41) is 9.80. The molecule has 0 unspecified atom stereocenters. The van der Waals surface area contributed by atoms with Crippen LogP contribution in [0.4, 0.5) is 0 Å². The lowest BCUT2D eigenvalue weighted by Crippen LogP contribution is -2.31. The molecule has 0 aromatic heterocycles. The van der Waals surface area contributed by atoms with Gasteiger partial charge in [-0.2, -0.15) is 0 Å². The Labute approximate surface area is 102 Å². The standard InChI is InChI=1S/C14H20O3/c1-11(2)8-13(16)14(9-15)17-10-12-6-4-3-5-7-12/h3-7,9,11,13-14,16H,8,10H2,1-2H3/t13-,14+/m0/s1. The quantitative estimate of drug-likeness (QED) is 0.738. The van der Waals surface area contributed by atoms with Crippen LogP contribution in [0.2, 0.25) is 0 Å². The minimum absolute atomic E-state index is 0.341. The van der Waals surface area contributed by atoms with Crippen LogP contribution in [0.15, 0.2) is 30.3 Å². The molecule has 0 amide bonds. The smallest absolute Gasteiger partial charge is 0.151 e. The van der Waals surface area contributed by atoms with Crippen molar-refractivity contribution in [3.8, 4) is 0 Å². The van der Waals surface area contributed by atoms with Crippen LogP contribution in [0.1, 0.15) is 25.8 Å². The second-order valence-electron chi connectivity index (χ2n) is 4.59. The molecule has 1 aromatic rings. The first-order valence-electron chi connectivity index (χ1n) is 5.92. The van der Waals surface area contributed by atoms with Crippen LogP contribution in [-0.2, 0) is 16.1 Å². The van der Waals surface area contributed by atoms with Gasteiger partial charge in [0.2, 0.25) is 0 Å². The summed E-state index contributed by atoms with van der Waals surface area (Å²) in [6.07, 6.45) is -0.220. The minimum atomic E-state index is -0.738. The Morgan fingerprint density at radius 2 is 1.94 bits per heavy atom. The van der Waals surface area contributed by atoms with E-state index in [1.165, 1.54) is 0 Å². The van der Waals surface area contributed by atoms with Crippen LogP contribution >= 0.6 is 0 Å².